The number of fused-ring (bicyclic) bond motifs is 1. The average Bonchev–Trinajstić information content (AvgIpc) is 2.95. The molecule has 0 spiro atoms. The molecule has 5 rings (SSSR count). The van der Waals surface area contributed by atoms with Gasteiger partial charge in [-0.1, -0.05) is 12.1 Å². The molecule has 2 aromatic rings. The Bertz CT molecular complexity index is 1320. The zero-order valence-electron chi connectivity index (χ0n) is 23.3. The van der Waals surface area contributed by atoms with E-state index in [9.17, 15) is 24.3 Å². The molecule has 3 aliphatic heterocycles. The van der Waals surface area contributed by atoms with Gasteiger partial charge >= 0.3 is 6.09 Å². The van der Waals surface area contributed by atoms with Crippen molar-refractivity contribution in [3.05, 3.63) is 53.0 Å². The highest BCUT2D eigenvalue weighted by Gasteiger charge is 2.38. The standard InChI is InChI=1S/C29H35FN6O5/c1-19-14-34(24(16-36(19)29(38)39)15-33-7-9-40-18-20(33)2)17-27(37)35-8-10-41-28-26(35)12-22(25(13-31)32-28)11-21-3-5-23(30)6-4-21/h3-6,12,19-20,24H,7-11,14-18H2,1-2H3,(H,38,39)/t19-,20-,24+/m1/s1. The molecule has 2 fully saturated rings. The van der Waals surface area contributed by atoms with Gasteiger partial charge in [-0.2, -0.15) is 5.26 Å². The van der Waals surface area contributed by atoms with Crippen molar-refractivity contribution in [2.75, 3.05) is 64.0 Å². The van der Waals surface area contributed by atoms with Crippen LogP contribution in [0.15, 0.2) is 30.3 Å². The molecule has 218 valence electrons. The highest BCUT2D eigenvalue weighted by molar-refractivity contribution is 5.96. The molecular weight excluding hydrogens is 531 g/mol. The molecule has 0 aliphatic carbocycles. The van der Waals surface area contributed by atoms with Gasteiger partial charge in [0.15, 0.2) is 0 Å². The largest absolute Gasteiger partial charge is 0.474 e. The van der Waals surface area contributed by atoms with Gasteiger partial charge in [-0.3, -0.25) is 14.6 Å². The lowest BCUT2D eigenvalue weighted by Crippen LogP contribution is -2.64. The van der Waals surface area contributed by atoms with Crippen molar-refractivity contribution in [3.63, 3.8) is 0 Å². The minimum atomic E-state index is -0.960. The first-order chi connectivity index (χ1) is 19.7. The Morgan fingerprint density at radius 2 is 1.90 bits per heavy atom. The zero-order chi connectivity index (χ0) is 29.1. The number of ether oxygens (including phenoxy) is 2. The number of amides is 2. The van der Waals surface area contributed by atoms with Crippen molar-refractivity contribution < 1.29 is 28.6 Å². The first-order valence-electron chi connectivity index (χ1n) is 13.9. The number of rotatable bonds is 6. The maximum Gasteiger partial charge on any atom is 0.407 e. The number of piperazine rings is 1. The van der Waals surface area contributed by atoms with E-state index in [0.29, 0.717) is 57.1 Å². The minimum Gasteiger partial charge on any atom is -0.474 e. The number of pyridine rings is 1. The Kier molecular flexibility index (Phi) is 8.68. The van der Waals surface area contributed by atoms with Crippen LogP contribution in [-0.4, -0.2) is 114 Å². The predicted octanol–water partition coefficient (Wildman–Crippen LogP) is 2.18. The monoisotopic (exact) mass is 566 g/mol. The number of nitrogens with zero attached hydrogens (tertiary/aromatic N) is 6. The van der Waals surface area contributed by atoms with E-state index >= 15 is 0 Å². The van der Waals surface area contributed by atoms with Crippen molar-refractivity contribution in [1.29, 1.82) is 5.26 Å². The number of anilines is 1. The summed E-state index contributed by atoms with van der Waals surface area (Å²) in [6.45, 7) is 7.98. The lowest BCUT2D eigenvalue weighted by atomic mass is 10.0. The van der Waals surface area contributed by atoms with Crippen molar-refractivity contribution in [2.45, 2.75) is 38.4 Å². The number of benzene rings is 1. The third-order valence-corrected chi connectivity index (χ3v) is 8.10. The summed E-state index contributed by atoms with van der Waals surface area (Å²) in [7, 11) is 0. The van der Waals surface area contributed by atoms with E-state index in [1.165, 1.54) is 17.0 Å². The Morgan fingerprint density at radius 3 is 2.61 bits per heavy atom. The van der Waals surface area contributed by atoms with Crippen LogP contribution in [0.4, 0.5) is 14.9 Å². The highest BCUT2D eigenvalue weighted by Crippen LogP contribution is 2.33. The Labute approximate surface area is 238 Å². The molecule has 4 heterocycles. The zero-order valence-corrected chi connectivity index (χ0v) is 23.3. The molecule has 2 amide bonds. The van der Waals surface area contributed by atoms with Crippen molar-refractivity contribution in [3.8, 4) is 11.9 Å². The van der Waals surface area contributed by atoms with E-state index in [0.717, 1.165) is 12.1 Å². The summed E-state index contributed by atoms with van der Waals surface area (Å²) in [5.41, 5.74) is 2.11. The molecule has 41 heavy (non-hydrogen) atoms. The fraction of sp³-hybridized carbons (Fsp3) is 0.517. The van der Waals surface area contributed by atoms with E-state index < -0.39 is 6.09 Å². The maximum atomic E-state index is 13.8. The third-order valence-electron chi connectivity index (χ3n) is 8.10. The number of carbonyl (C=O) groups excluding carboxylic acids is 1. The molecule has 0 saturated carbocycles. The highest BCUT2D eigenvalue weighted by atomic mass is 19.1. The second-order valence-electron chi connectivity index (χ2n) is 10.9. The molecule has 3 aliphatic rings. The van der Waals surface area contributed by atoms with Crippen LogP contribution in [0.1, 0.15) is 30.7 Å². The van der Waals surface area contributed by atoms with Crippen LogP contribution in [0, 0.1) is 17.1 Å². The number of hydrogen-bond donors (Lipinski definition) is 1. The van der Waals surface area contributed by atoms with E-state index in [2.05, 4.69) is 27.8 Å². The summed E-state index contributed by atoms with van der Waals surface area (Å²) >= 11 is 0. The summed E-state index contributed by atoms with van der Waals surface area (Å²) in [6, 6.07) is 9.68. The van der Waals surface area contributed by atoms with Gasteiger partial charge in [0.05, 0.1) is 26.3 Å². The van der Waals surface area contributed by atoms with Crippen LogP contribution in [-0.2, 0) is 16.0 Å². The normalized spacial score (nSPS) is 23.4. The number of nitriles is 1. The molecule has 1 aromatic carbocycles. The quantitative estimate of drug-likeness (QED) is 0.561. The number of halogens is 1. The van der Waals surface area contributed by atoms with Crippen molar-refractivity contribution >= 4 is 17.7 Å². The van der Waals surface area contributed by atoms with Gasteiger partial charge in [0.25, 0.3) is 0 Å². The molecule has 2 saturated heterocycles. The minimum absolute atomic E-state index is 0.105. The smallest absolute Gasteiger partial charge is 0.407 e. The fourth-order valence-electron chi connectivity index (χ4n) is 5.80. The topological polar surface area (TPSA) is 122 Å². The number of hydrogen-bond acceptors (Lipinski definition) is 8. The Hall–Kier alpha value is -3.79. The van der Waals surface area contributed by atoms with Gasteiger partial charge in [0.1, 0.15) is 29.9 Å². The molecule has 0 unspecified atom stereocenters. The van der Waals surface area contributed by atoms with Crippen molar-refractivity contribution in [1.82, 2.24) is 19.7 Å². The summed E-state index contributed by atoms with van der Waals surface area (Å²) < 4.78 is 24.7. The number of aromatic nitrogens is 1. The molecule has 0 bridgehead atoms. The molecule has 0 radical (unpaired) electrons. The summed E-state index contributed by atoms with van der Waals surface area (Å²) in [5, 5.41) is 19.5. The SMILES string of the molecule is C[C@@H]1COCCN1C[C@H]1CN(C(=O)O)[C@H](C)CN1CC(=O)N1CCOc2nc(C#N)c(Cc3ccc(F)cc3)cc21. The summed E-state index contributed by atoms with van der Waals surface area (Å²) in [6.07, 6.45) is -0.612. The number of carbonyl (C=O) groups is 2. The molecule has 1 N–H and O–H groups in total. The van der Waals surface area contributed by atoms with E-state index in [-0.39, 0.29) is 54.6 Å². The van der Waals surface area contributed by atoms with Crippen LogP contribution in [0.25, 0.3) is 0 Å². The molecular formula is C29H35FN6O5. The molecule has 12 heteroatoms. The molecule has 1 aromatic heterocycles. The van der Waals surface area contributed by atoms with Crippen LogP contribution in [0.5, 0.6) is 5.88 Å². The lowest BCUT2D eigenvalue weighted by molar-refractivity contribution is -0.122. The summed E-state index contributed by atoms with van der Waals surface area (Å²) in [4.78, 5) is 37.7. The predicted molar refractivity (Wildman–Crippen MR) is 147 cm³/mol. The van der Waals surface area contributed by atoms with E-state index in [4.69, 9.17) is 9.47 Å². The van der Waals surface area contributed by atoms with Gasteiger partial charge in [0, 0.05) is 50.7 Å². The molecule has 3 atom stereocenters. The third kappa shape index (κ3) is 6.43. The van der Waals surface area contributed by atoms with Crippen LogP contribution in [0.2, 0.25) is 0 Å². The van der Waals surface area contributed by atoms with Crippen LogP contribution >= 0.6 is 0 Å². The fourth-order valence-corrected chi connectivity index (χ4v) is 5.80. The first kappa shape index (κ1) is 28.7. The number of morpholine rings is 1. The maximum absolute atomic E-state index is 13.8. The van der Waals surface area contributed by atoms with Crippen molar-refractivity contribution in [2.24, 2.45) is 0 Å². The van der Waals surface area contributed by atoms with Gasteiger partial charge < -0.3 is 24.4 Å². The van der Waals surface area contributed by atoms with E-state index in [1.54, 1.807) is 23.1 Å². The van der Waals surface area contributed by atoms with Gasteiger partial charge in [-0.15, -0.1) is 0 Å². The van der Waals surface area contributed by atoms with Gasteiger partial charge in [-0.05, 0) is 43.2 Å². The molecule has 11 nitrogen and oxygen atoms in total. The first-order valence-corrected chi connectivity index (χ1v) is 13.9. The Morgan fingerprint density at radius 1 is 1.12 bits per heavy atom. The van der Waals surface area contributed by atoms with Gasteiger partial charge in [-0.25, -0.2) is 14.2 Å². The number of carboxylic acid groups (broad SMARTS) is 1. The lowest BCUT2D eigenvalue weighted by Gasteiger charge is -2.47. The average molecular weight is 567 g/mol. The second-order valence-corrected chi connectivity index (χ2v) is 10.9. The van der Waals surface area contributed by atoms with Crippen LogP contribution < -0.4 is 9.64 Å². The second kappa shape index (κ2) is 12.4. The van der Waals surface area contributed by atoms with Gasteiger partial charge in [0.2, 0.25) is 11.8 Å². The van der Waals surface area contributed by atoms with E-state index in [1.807, 2.05) is 6.92 Å². The summed E-state index contributed by atoms with van der Waals surface area (Å²) in [5.74, 6) is -0.264. The van der Waals surface area contributed by atoms with Crippen LogP contribution in [0.3, 0.4) is 0 Å². The Balaban J connectivity index is 1.37.